The molecule has 2 aliphatic carbocycles. The lowest BCUT2D eigenvalue weighted by Gasteiger charge is -2.28. The van der Waals surface area contributed by atoms with Gasteiger partial charge in [-0.25, -0.2) is 13.2 Å². The Hall–Kier alpha value is -1.41. The molecule has 1 amide bonds. The molecular formula is C19H25NO5S2. The molecular weight excluding hydrogens is 386 g/mol. The fourth-order valence-corrected chi connectivity index (χ4v) is 6.95. The van der Waals surface area contributed by atoms with Crippen molar-refractivity contribution in [1.29, 1.82) is 0 Å². The van der Waals surface area contributed by atoms with Crippen LogP contribution in [0.3, 0.4) is 0 Å². The van der Waals surface area contributed by atoms with E-state index in [1.165, 1.54) is 21.8 Å². The maximum absolute atomic E-state index is 12.7. The summed E-state index contributed by atoms with van der Waals surface area (Å²) in [6.07, 6.45) is 5.40. The van der Waals surface area contributed by atoms with E-state index >= 15 is 0 Å². The minimum atomic E-state index is -3.06. The summed E-state index contributed by atoms with van der Waals surface area (Å²) in [6, 6.07) is 1.74. The molecule has 27 heavy (non-hydrogen) atoms. The van der Waals surface area contributed by atoms with Crippen LogP contribution in [0.5, 0.6) is 0 Å². The molecule has 1 saturated carbocycles. The smallest absolute Gasteiger partial charge is 0.348 e. The molecule has 2 heterocycles. The van der Waals surface area contributed by atoms with Gasteiger partial charge < -0.3 is 9.64 Å². The van der Waals surface area contributed by atoms with Gasteiger partial charge in [-0.3, -0.25) is 4.79 Å². The summed E-state index contributed by atoms with van der Waals surface area (Å²) in [6.45, 7) is 1.90. The highest BCUT2D eigenvalue weighted by atomic mass is 32.2. The molecule has 1 aromatic heterocycles. The van der Waals surface area contributed by atoms with Gasteiger partial charge in [0.05, 0.1) is 11.5 Å². The normalized spacial score (nSPS) is 26.4. The number of sulfone groups is 1. The Morgan fingerprint density at radius 1 is 1.22 bits per heavy atom. The van der Waals surface area contributed by atoms with Gasteiger partial charge >= 0.3 is 5.97 Å². The van der Waals surface area contributed by atoms with Crippen molar-refractivity contribution < 1.29 is 22.7 Å². The van der Waals surface area contributed by atoms with Crippen molar-refractivity contribution in [3.63, 3.8) is 0 Å². The van der Waals surface area contributed by atoms with Crippen molar-refractivity contribution in [1.82, 2.24) is 4.90 Å². The van der Waals surface area contributed by atoms with Crippen LogP contribution in [0.15, 0.2) is 6.07 Å². The second-order valence-corrected chi connectivity index (χ2v) is 11.4. The van der Waals surface area contributed by atoms with Gasteiger partial charge in [0.1, 0.15) is 4.88 Å². The first-order valence-corrected chi connectivity index (χ1v) is 12.3. The molecule has 0 spiro atoms. The SMILES string of the molecule is C[C@H]1CCc2sc(C(=O)OCC(=O)N(C3CC3)[C@@H]3CCS(=O)(=O)C3)cc2C1. The van der Waals surface area contributed by atoms with Gasteiger partial charge in [-0.05, 0) is 56.1 Å². The van der Waals surface area contributed by atoms with E-state index < -0.39 is 15.8 Å². The number of fused-ring (bicyclic) bond motifs is 1. The van der Waals surface area contributed by atoms with Gasteiger partial charge in [0.2, 0.25) is 0 Å². The lowest BCUT2D eigenvalue weighted by atomic mass is 9.90. The Labute approximate surface area is 163 Å². The van der Waals surface area contributed by atoms with Crippen molar-refractivity contribution in [2.24, 2.45) is 5.92 Å². The summed E-state index contributed by atoms with van der Waals surface area (Å²) in [5.41, 5.74) is 1.23. The van der Waals surface area contributed by atoms with E-state index in [2.05, 4.69) is 6.92 Å². The second-order valence-electron chi connectivity index (χ2n) is 8.07. The Bertz CT molecular complexity index is 855. The molecule has 0 N–H and O–H groups in total. The standard InChI is InChI=1S/C19H25NO5S2/c1-12-2-5-16-13(8-12)9-17(26-16)19(22)25-10-18(21)20(14-3-4-14)15-6-7-27(23,24)11-15/h9,12,14-15H,2-8,10-11H2,1H3/t12-,15+/m0/s1. The Morgan fingerprint density at radius 3 is 2.67 bits per heavy atom. The van der Waals surface area contributed by atoms with Gasteiger partial charge in [0.15, 0.2) is 16.4 Å². The molecule has 1 saturated heterocycles. The third kappa shape index (κ3) is 4.21. The van der Waals surface area contributed by atoms with Crippen molar-refractivity contribution in [2.75, 3.05) is 18.1 Å². The fraction of sp³-hybridized carbons (Fsp3) is 0.684. The van der Waals surface area contributed by atoms with E-state index in [0.29, 0.717) is 17.2 Å². The predicted octanol–water partition coefficient (Wildman–Crippen LogP) is 2.21. The number of hydrogen-bond acceptors (Lipinski definition) is 6. The van der Waals surface area contributed by atoms with Crippen LogP contribution in [0.25, 0.3) is 0 Å². The lowest BCUT2D eigenvalue weighted by Crippen LogP contribution is -2.44. The summed E-state index contributed by atoms with van der Waals surface area (Å²) >= 11 is 1.47. The van der Waals surface area contributed by atoms with Gasteiger partial charge in [0.25, 0.3) is 5.91 Å². The Morgan fingerprint density at radius 2 is 2.00 bits per heavy atom. The van der Waals surface area contributed by atoms with Crippen LogP contribution in [0.1, 0.15) is 52.7 Å². The van der Waals surface area contributed by atoms with Gasteiger partial charge in [-0.2, -0.15) is 0 Å². The summed E-state index contributed by atoms with van der Waals surface area (Å²) in [5, 5.41) is 0. The maximum Gasteiger partial charge on any atom is 0.348 e. The zero-order valence-electron chi connectivity index (χ0n) is 15.5. The number of carbonyl (C=O) groups excluding carboxylic acids is 2. The van der Waals surface area contributed by atoms with E-state index in [-0.39, 0.29) is 36.1 Å². The summed E-state index contributed by atoms with van der Waals surface area (Å²) in [4.78, 5) is 28.5. The Balaban J connectivity index is 1.37. The van der Waals surface area contributed by atoms with E-state index in [0.717, 1.165) is 32.1 Å². The lowest BCUT2D eigenvalue weighted by molar-refractivity contribution is -0.137. The molecule has 2 fully saturated rings. The number of amides is 1. The number of thiophene rings is 1. The minimum absolute atomic E-state index is 0.0268. The molecule has 4 rings (SSSR count). The number of ether oxygens (including phenoxy) is 1. The first-order valence-electron chi connectivity index (χ1n) is 9.62. The highest BCUT2D eigenvalue weighted by Gasteiger charge is 2.42. The summed E-state index contributed by atoms with van der Waals surface area (Å²) < 4.78 is 28.8. The van der Waals surface area contributed by atoms with E-state index in [1.54, 1.807) is 4.90 Å². The fourth-order valence-electron chi connectivity index (χ4n) is 4.13. The molecule has 148 valence electrons. The minimum Gasteiger partial charge on any atom is -0.451 e. The third-order valence-electron chi connectivity index (χ3n) is 5.69. The van der Waals surface area contributed by atoms with Gasteiger partial charge in [-0.15, -0.1) is 11.3 Å². The molecule has 3 aliphatic rings. The van der Waals surface area contributed by atoms with E-state index in [1.807, 2.05) is 6.07 Å². The number of esters is 1. The predicted molar refractivity (Wildman–Crippen MR) is 103 cm³/mol. The molecule has 1 aliphatic heterocycles. The molecule has 0 radical (unpaired) electrons. The van der Waals surface area contributed by atoms with E-state index in [9.17, 15) is 18.0 Å². The van der Waals surface area contributed by atoms with Crippen molar-refractivity contribution in [2.45, 2.75) is 57.5 Å². The quantitative estimate of drug-likeness (QED) is 0.694. The highest BCUT2D eigenvalue weighted by molar-refractivity contribution is 7.91. The number of nitrogens with zero attached hydrogens (tertiary/aromatic N) is 1. The first kappa shape index (κ1) is 18.9. The van der Waals surface area contributed by atoms with Gasteiger partial charge in [0, 0.05) is 17.0 Å². The van der Waals surface area contributed by atoms with Crippen molar-refractivity contribution in [3.05, 3.63) is 21.4 Å². The summed E-state index contributed by atoms with van der Waals surface area (Å²) in [5.74, 6) is 0.0620. The molecule has 0 bridgehead atoms. The molecule has 2 atom stereocenters. The van der Waals surface area contributed by atoms with Crippen LogP contribution in [0.2, 0.25) is 0 Å². The van der Waals surface area contributed by atoms with Crippen LogP contribution in [-0.2, 0) is 32.2 Å². The van der Waals surface area contributed by atoms with Gasteiger partial charge in [-0.1, -0.05) is 6.92 Å². The van der Waals surface area contributed by atoms with Crippen molar-refractivity contribution in [3.8, 4) is 0 Å². The van der Waals surface area contributed by atoms with Crippen LogP contribution < -0.4 is 0 Å². The highest BCUT2D eigenvalue weighted by Crippen LogP contribution is 2.34. The summed E-state index contributed by atoms with van der Waals surface area (Å²) in [7, 11) is -3.06. The van der Waals surface area contributed by atoms with Crippen LogP contribution >= 0.6 is 11.3 Å². The van der Waals surface area contributed by atoms with E-state index in [4.69, 9.17) is 4.74 Å². The van der Waals surface area contributed by atoms with Crippen molar-refractivity contribution >= 4 is 33.1 Å². The molecule has 1 aromatic rings. The maximum atomic E-state index is 12.7. The molecule has 0 unspecified atom stereocenters. The zero-order valence-corrected chi connectivity index (χ0v) is 17.1. The van der Waals surface area contributed by atoms with Crippen LogP contribution in [-0.4, -0.2) is 55.4 Å². The second kappa shape index (κ2) is 7.20. The zero-order chi connectivity index (χ0) is 19.2. The average molecular weight is 412 g/mol. The topological polar surface area (TPSA) is 80.8 Å². The monoisotopic (exact) mass is 411 g/mol. The Kier molecular flexibility index (Phi) is 5.05. The third-order valence-corrected chi connectivity index (χ3v) is 8.65. The first-order chi connectivity index (χ1) is 12.8. The molecule has 6 nitrogen and oxygen atoms in total. The largest absolute Gasteiger partial charge is 0.451 e. The number of hydrogen-bond donors (Lipinski definition) is 0. The number of aryl methyl sites for hydroxylation is 1. The average Bonchev–Trinajstić information content (AvgIpc) is 3.24. The molecule has 8 heteroatoms. The van der Waals surface area contributed by atoms with Crippen LogP contribution in [0, 0.1) is 5.92 Å². The number of rotatable bonds is 5. The molecule has 0 aromatic carbocycles. The van der Waals surface area contributed by atoms with Crippen LogP contribution in [0.4, 0.5) is 0 Å². The number of carbonyl (C=O) groups is 2.